The van der Waals surface area contributed by atoms with Gasteiger partial charge in [0.2, 0.25) is 11.8 Å². The standard InChI is InChI=1S/C16H28N2O6/c1-10-3-5-18(6-4-10)14(20)7-11-15(21)16(22)12(24-11)8-17-13(19)9-23-2/h10-12,15-16,21-22H,3-9H2,1-2H3,(H,17,19)/t11-,12+,15-,16+/m0/s1. The van der Waals surface area contributed by atoms with Crippen LogP contribution in [0.25, 0.3) is 0 Å². The van der Waals surface area contributed by atoms with Crippen LogP contribution in [0.2, 0.25) is 0 Å². The van der Waals surface area contributed by atoms with Gasteiger partial charge in [0.15, 0.2) is 0 Å². The lowest BCUT2D eigenvalue weighted by molar-refractivity contribution is -0.137. The molecule has 0 bridgehead atoms. The largest absolute Gasteiger partial charge is 0.388 e. The van der Waals surface area contributed by atoms with Gasteiger partial charge in [0.05, 0.1) is 12.5 Å². The van der Waals surface area contributed by atoms with Crippen LogP contribution in [0, 0.1) is 5.92 Å². The molecule has 24 heavy (non-hydrogen) atoms. The molecule has 8 nitrogen and oxygen atoms in total. The highest BCUT2D eigenvalue weighted by atomic mass is 16.5. The predicted octanol–water partition coefficient (Wildman–Crippen LogP) is -1.11. The molecule has 2 amide bonds. The number of likely N-dealkylation sites (tertiary alicyclic amines) is 1. The smallest absolute Gasteiger partial charge is 0.246 e. The van der Waals surface area contributed by atoms with E-state index in [0.717, 1.165) is 25.9 Å². The van der Waals surface area contributed by atoms with Crippen LogP contribution in [0.3, 0.4) is 0 Å². The van der Waals surface area contributed by atoms with E-state index in [1.807, 2.05) is 0 Å². The molecule has 0 spiro atoms. The first kappa shape index (κ1) is 19.1. The zero-order valence-corrected chi connectivity index (χ0v) is 14.3. The lowest BCUT2D eigenvalue weighted by Gasteiger charge is -2.31. The topological polar surface area (TPSA) is 108 Å². The van der Waals surface area contributed by atoms with E-state index < -0.39 is 24.4 Å². The second-order valence-corrected chi connectivity index (χ2v) is 6.70. The van der Waals surface area contributed by atoms with Gasteiger partial charge < -0.3 is 29.9 Å². The zero-order valence-electron chi connectivity index (χ0n) is 14.3. The van der Waals surface area contributed by atoms with E-state index >= 15 is 0 Å². The molecule has 2 rings (SSSR count). The maximum absolute atomic E-state index is 12.3. The van der Waals surface area contributed by atoms with Crippen molar-refractivity contribution in [2.45, 2.75) is 50.6 Å². The van der Waals surface area contributed by atoms with Crippen molar-refractivity contribution in [2.24, 2.45) is 5.92 Å². The fourth-order valence-electron chi connectivity index (χ4n) is 3.12. The SMILES string of the molecule is COCC(=O)NC[C@H]1O[C@@H](CC(=O)N2CCC(C)CC2)[C@H](O)[C@@H]1O. The van der Waals surface area contributed by atoms with Crippen LogP contribution in [-0.2, 0) is 19.1 Å². The number of methoxy groups -OCH3 is 1. The summed E-state index contributed by atoms with van der Waals surface area (Å²) < 4.78 is 10.3. The van der Waals surface area contributed by atoms with Crippen molar-refractivity contribution in [1.82, 2.24) is 10.2 Å². The van der Waals surface area contributed by atoms with Gasteiger partial charge in [-0.2, -0.15) is 0 Å². The van der Waals surface area contributed by atoms with Gasteiger partial charge in [-0.15, -0.1) is 0 Å². The van der Waals surface area contributed by atoms with Gasteiger partial charge in [0, 0.05) is 26.7 Å². The van der Waals surface area contributed by atoms with Crippen molar-refractivity contribution >= 4 is 11.8 Å². The van der Waals surface area contributed by atoms with E-state index in [0.29, 0.717) is 5.92 Å². The number of nitrogens with zero attached hydrogens (tertiary/aromatic N) is 1. The Hall–Kier alpha value is -1.22. The summed E-state index contributed by atoms with van der Waals surface area (Å²) >= 11 is 0. The molecule has 0 aliphatic carbocycles. The number of hydrogen-bond donors (Lipinski definition) is 3. The van der Waals surface area contributed by atoms with E-state index in [9.17, 15) is 19.8 Å². The third-order valence-corrected chi connectivity index (χ3v) is 4.75. The molecule has 0 aromatic carbocycles. The number of aliphatic hydroxyl groups excluding tert-OH is 2. The van der Waals surface area contributed by atoms with Gasteiger partial charge in [-0.3, -0.25) is 9.59 Å². The third-order valence-electron chi connectivity index (χ3n) is 4.75. The van der Waals surface area contributed by atoms with E-state index in [1.165, 1.54) is 7.11 Å². The van der Waals surface area contributed by atoms with E-state index in [2.05, 4.69) is 12.2 Å². The second-order valence-electron chi connectivity index (χ2n) is 6.70. The molecule has 0 radical (unpaired) electrons. The van der Waals surface area contributed by atoms with Crippen molar-refractivity contribution in [3.05, 3.63) is 0 Å². The Morgan fingerprint density at radius 3 is 2.46 bits per heavy atom. The fourth-order valence-corrected chi connectivity index (χ4v) is 3.12. The first-order valence-corrected chi connectivity index (χ1v) is 8.47. The van der Waals surface area contributed by atoms with Crippen LogP contribution in [0.15, 0.2) is 0 Å². The Balaban J connectivity index is 1.81. The molecule has 3 N–H and O–H groups in total. The van der Waals surface area contributed by atoms with Crippen molar-refractivity contribution in [3.63, 3.8) is 0 Å². The van der Waals surface area contributed by atoms with Gasteiger partial charge in [0.25, 0.3) is 0 Å². The van der Waals surface area contributed by atoms with Crippen molar-refractivity contribution in [3.8, 4) is 0 Å². The van der Waals surface area contributed by atoms with Crippen molar-refractivity contribution in [1.29, 1.82) is 0 Å². The quantitative estimate of drug-likeness (QED) is 0.564. The Bertz CT molecular complexity index is 438. The summed E-state index contributed by atoms with van der Waals surface area (Å²) in [5.74, 6) is 0.233. The zero-order chi connectivity index (χ0) is 17.7. The molecule has 138 valence electrons. The lowest BCUT2D eigenvalue weighted by atomic mass is 9.98. The fraction of sp³-hybridized carbons (Fsp3) is 0.875. The van der Waals surface area contributed by atoms with Crippen molar-refractivity contribution in [2.75, 3.05) is 33.4 Å². The number of aliphatic hydroxyl groups is 2. The molecule has 2 aliphatic rings. The van der Waals surface area contributed by atoms with Gasteiger partial charge in [-0.05, 0) is 18.8 Å². The molecule has 2 saturated heterocycles. The highest BCUT2D eigenvalue weighted by molar-refractivity contribution is 5.77. The predicted molar refractivity (Wildman–Crippen MR) is 85.2 cm³/mol. The van der Waals surface area contributed by atoms with Crippen LogP contribution in [0.1, 0.15) is 26.2 Å². The molecule has 2 heterocycles. The van der Waals surface area contributed by atoms with Crippen LogP contribution in [0.5, 0.6) is 0 Å². The summed E-state index contributed by atoms with van der Waals surface area (Å²) in [6.07, 6.45) is -1.76. The Morgan fingerprint density at radius 1 is 1.21 bits per heavy atom. The number of hydrogen-bond acceptors (Lipinski definition) is 6. The number of nitrogens with one attached hydrogen (secondary N) is 1. The summed E-state index contributed by atoms with van der Waals surface area (Å²) in [5, 5.41) is 22.7. The number of carbonyl (C=O) groups excluding carboxylic acids is 2. The Labute approximate surface area is 142 Å². The number of piperidine rings is 1. The average molecular weight is 344 g/mol. The number of rotatable bonds is 6. The molecule has 0 aromatic heterocycles. The van der Waals surface area contributed by atoms with Crippen LogP contribution < -0.4 is 5.32 Å². The minimum Gasteiger partial charge on any atom is -0.388 e. The average Bonchev–Trinajstić information content (AvgIpc) is 2.82. The third kappa shape index (κ3) is 4.89. The highest BCUT2D eigenvalue weighted by Crippen LogP contribution is 2.25. The molecule has 0 saturated carbocycles. The summed E-state index contributed by atoms with van der Waals surface area (Å²) in [6, 6.07) is 0. The molecule has 2 aliphatic heterocycles. The number of carbonyl (C=O) groups is 2. The summed E-state index contributed by atoms with van der Waals surface area (Å²) in [7, 11) is 1.41. The van der Waals surface area contributed by atoms with E-state index in [1.54, 1.807) is 4.90 Å². The maximum atomic E-state index is 12.3. The molecular weight excluding hydrogens is 316 g/mol. The van der Waals surface area contributed by atoms with Crippen LogP contribution >= 0.6 is 0 Å². The second kappa shape index (κ2) is 8.75. The van der Waals surface area contributed by atoms with E-state index in [4.69, 9.17) is 9.47 Å². The summed E-state index contributed by atoms with van der Waals surface area (Å²) in [5.41, 5.74) is 0. The monoisotopic (exact) mass is 344 g/mol. The number of amides is 2. The molecule has 0 unspecified atom stereocenters. The lowest BCUT2D eigenvalue weighted by Crippen LogP contribution is -2.42. The minimum atomic E-state index is -1.14. The van der Waals surface area contributed by atoms with Gasteiger partial charge in [-0.25, -0.2) is 0 Å². The normalized spacial score (nSPS) is 31.2. The van der Waals surface area contributed by atoms with Crippen LogP contribution in [0.4, 0.5) is 0 Å². The van der Waals surface area contributed by atoms with Crippen molar-refractivity contribution < 1.29 is 29.3 Å². The molecule has 2 fully saturated rings. The molecular formula is C16H28N2O6. The van der Waals surface area contributed by atoms with Gasteiger partial charge in [-0.1, -0.05) is 6.92 Å². The first-order chi connectivity index (χ1) is 11.4. The molecule has 0 aromatic rings. The minimum absolute atomic E-state index is 0.0368. The Kier molecular flexibility index (Phi) is 6.97. The van der Waals surface area contributed by atoms with Crippen LogP contribution in [-0.4, -0.2) is 84.7 Å². The molecule has 4 atom stereocenters. The summed E-state index contributed by atoms with van der Waals surface area (Å²) in [6.45, 7) is 3.60. The van der Waals surface area contributed by atoms with E-state index in [-0.39, 0.29) is 31.4 Å². The number of ether oxygens (including phenoxy) is 2. The van der Waals surface area contributed by atoms with Gasteiger partial charge >= 0.3 is 0 Å². The summed E-state index contributed by atoms with van der Waals surface area (Å²) in [4.78, 5) is 25.5. The van der Waals surface area contributed by atoms with Gasteiger partial charge in [0.1, 0.15) is 24.9 Å². The molecule has 8 heteroatoms. The Morgan fingerprint density at radius 2 is 1.83 bits per heavy atom. The first-order valence-electron chi connectivity index (χ1n) is 8.47. The maximum Gasteiger partial charge on any atom is 0.246 e. The highest BCUT2D eigenvalue weighted by Gasteiger charge is 2.43.